The molecule has 0 radical (unpaired) electrons. The molecular formula is C23H28Cl2N2O. The fraction of sp³-hybridized carbons (Fsp3) is 0.435. The molecule has 2 aromatic carbocycles. The van der Waals surface area contributed by atoms with Crippen molar-refractivity contribution >= 4 is 34.8 Å². The maximum absolute atomic E-state index is 12.2. The van der Waals surface area contributed by atoms with Crippen LogP contribution in [-0.4, -0.2) is 36.5 Å². The zero-order valence-electron chi connectivity index (χ0n) is 16.6. The molecule has 1 aliphatic rings. The van der Waals surface area contributed by atoms with E-state index in [-0.39, 0.29) is 11.9 Å². The topological polar surface area (TPSA) is 23.6 Å². The minimum atomic E-state index is 0.123. The first-order valence-electron chi connectivity index (χ1n) is 9.98. The molecule has 1 saturated heterocycles. The number of carbonyl (C=O) groups excluding carboxylic acids is 1. The smallest absolute Gasteiger partial charge is 0.224 e. The maximum atomic E-state index is 12.2. The van der Waals surface area contributed by atoms with Crippen LogP contribution in [0.1, 0.15) is 44.6 Å². The van der Waals surface area contributed by atoms with E-state index in [1.807, 2.05) is 47.4 Å². The number of halogens is 2. The quantitative estimate of drug-likeness (QED) is 0.573. The predicted molar refractivity (Wildman–Crippen MR) is 119 cm³/mol. The van der Waals surface area contributed by atoms with Crippen molar-refractivity contribution in [2.75, 3.05) is 24.5 Å². The molecule has 2 aromatic rings. The lowest BCUT2D eigenvalue weighted by Crippen LogP contribution is -2.47. The number of anilines is 1. The zero-order valence-corrected chi connectivity index (χ0v) is 18.1. The number of piperidine rings is 1. The molecule has 0 N–H and O–H groups in total. The van der Waals surface area contributed by atoms with Crippen LogP contribution >= 0.6 is 23.2 Å². The Labute approximate surface area is 178 Å². The van der Waals surface area contributed by atoms with Gasteiger partial charge >= 0.3 is 0 Å². The highest BCUT2D eigenvalue weighted by atomic mass is 35.5. The maximum Gasteiger partial charge on any atom is 0.224 e. The minimum absolute atomic E-state index is 0.123. The fourth-order valence-electron chi connectivity index (χ4n) is 4.00. The van der Waals surface area contributed by atoms with Gasteiger partial charge in [0.2, 0.25) is 5.91 Å². The summed E-state index contributed by atoms with van der Waals surface area (Å²) in [6.45, 7) is 7.00. The monoisotopic (exact) mass is 418 g/mol. The van der Waals surface area contributed by atoms with E-state index in [1.54, 1.807) is 6.92 Å². The summed E-state index contributed by atoms with van der Waals surface area (Å²) in [5.41, 5.74) is 2.23. The van der Waals surface area contributed by atoms with Crippen molar-refractivity contribution in [1.82, 2.24) is 4.90 Å². The number of amides is 1. The second-order valence-electron chi connectivity index (χ2n) is 7.66. The van der Waals surface area contributed by atoms with Gasteiger partial charge in [-0.1, -0.05) is 54.4 Å². The van der Waals surface area contributed by atoms with E-state index in [2.05, 4.69) is 17.9 Å². The molecule has 3 nitrogen and oxygen atoms in total. The molecule has 1 amide bonds. The molecule has 0 bridgehead atoms. The minimum Gasteiger partial charge on any atom is -0.310 e. The van der Waals surface area contributed by atoms with Crippen molar-refractivity contribution in [1.29, 1.82) is 0 Å². The van der Waals surface area contributed by atoms with Crippen LogP contribution in [0.3, 0.4) is 0 Å². The average molecular weight is 419 g/mol. The molecule has 5 heteroatoms. The summed E-state index contributed by atoms with van der Waals surface area (Å²) in [5, 5.41) is 1.23. The first kappa shape index (κ1) is 21.2. The number of para-hydroxylation sites is 1. The number of hydrogen-bond donors (Lipinski definition) is 0. The van der Waals surface area contributed by atoms with Gasteiger partial charge in [0.15, 0.2) is 0 Å². The largest absolute Gasteiger partial charge is 0.310 e. The van der Waals surface area contributed by atoms with Crippen LogP contribution < -0.4 is 4.90 Å². The van der Waals surface area contributed by atoms with Crippen molar-refractivity contribution in [3.8, 4) is 0 Å². The summed E-state index contributed by atoms with van der Waals surface area (Å²) >= 11 is 12.2. The van der Waals surface area contributed by atoms with Gasteiger partial charge in [-0.3, -0.25) is 4.79 Å². The third-order valence-corrected chi connectivity index (χ3v) is 6.43. The molecule has 0 aliphatic carbocycles. The molecule has 0 aromatic heterocycles. The summed E-state index contributed by atoms with van der Waals surface area (Å²) in [6, 6.07) is 16.2. The summed E-state index contributed by atoms with van der Waals surface area (Å²) in [4.78, 5) is 16.7. The molecule has 0 spiro atoms. The lowest BCUT2D eigenvalue weighted by Gasteiger charge is -2.38. The molecule has 28 heavy (non-hydrogen) atoms. The fourth-order valence-corrected chi connectivity index (χ4v) is 4.31. The van der Waals surface area contributed by atoms with Gasteiger partial charge in [-0.15, -0.1) is 0 Å². The van der Waals surface area contributed by atoms with Crippen molar-refractivity contribution < 1.29 is 4.79 Å². The Morgan fingerprint density at radius 2 is 1.79 bits per heavy atom. The predicted octanol–water partition coefficient (Wildman–Crippen LogP) is 6.00. The van der Waals surface area contributed by atoms with E-state index in [0.29, 0.717) is 16.0 Å². The number of carbonyl (C=O) groups is 1. The summed E-state index contributed by atoms with van der Waals surface area (Å²) in [5.74, 6) is 0.559. The Morgan fingerprint density at radius 1 is 1.11 bits per heavy atom. The Morgan fingerprint density at radius 3 is 2.39 bits per heavy atom. The highest BCUT2D eigenvalue weighted by molar-refractivity contribution is 6.42. The van der Waals surface area contributed by atoms with E-state index in [1.165, 1.54) is 5.56 Å². The molecule has 0 saturated carbocycles. The van der Waals surface area contributed by atoms with E-state index in [9.17, 15) is 4.79 Å². The normalized spacial score (nSPS) is 16.7. The van der Waals surface area contributed by atoms with Crippen LogP contribution in [0.15, 0.2) is 48.5 Å². The molecule has 1 atom stereocenters. The third kappa shape index (κ3) is 5.28. The average Bonchev–Trinajstić information content (AvgIpc) is 2.70. The molecule has 1 unspecified atom stereocenters. The van der Waals surface area contributed by atoms with Crippen LogP contribution in [0.5, 0.6) is 0 Å². The van der Waals surface area contributed by atoms with E-state index in [4.69, 9.17) is 23.2 Å². The van der Waals surface area contributed by atoms with Crippen LogP contribution in [0, 0.1) is 0 Å². The summed E-state index contributed by atoms with van der Waals surface area (Å²) < 4.78 is 0. The lowest BCUT2D eigenvalue weighted by molar-refractivity contribution is -0.117. The van der Waals surface area contributed by atoms with Gasteiger partial charge in [-0.25, -0.2) is 0 Å². The second-order valence-corrected chi connectivity index (χ2v) is 8.48. The van der Waals surface area contributed by atoms with E-state index in [0.717, 1.165) is 44.6 Å². The lowest BCUT2D eigenvalue weighted by atomic mass is 9.96. The number of nitrogens with zero attached hydrogens (tertiary/aromatic N) is 2. The zero-order chi connectivity index (χ0) is 20.1. The Hall–Kier alpha value is -1.55. The van der Waals surface area contributed by atoms with Gasteiger partial charge in [0.25, 0.3) is 0 Å². The van der Waals surface area contributed by atoms with E-state index < -0.39 is 0 Å². The molecule has 1 aliphatic heterocycles. The van der Waals surface area contributed by atoms with Gasteiger partial charge in [-0.05, 0) is 61.6 Å². The van der Waals surface area contributed by atoms with Crippen molar-refractivity contribution in [2.45, 2.75) is 45.1 Å². The Kier molecular flexibility index (Phi) is 7.39. The van der Waals surface area contributed by atoms with Crippen molar-refractivity contribution in [3.63, 3.8) is 0 Å². The molecule has 1 heterocycles. The highest BCUT2D eigenvalue weighted by Gasteiger charge is 2.27. The number of likely N-dealkylation sites (tertiary alicyclic amines) is 1. The number of benzene rings is 2. The van der Waals surface area contributed by atoms with E-state index >= 15 is 0 Å². The first-order valence-corrected chi connectivity index (χ1v) is 10.7. The molecule has 150 valence electrons. The first-order chi connectivity index (χ1) is 13.5. The van der Waals surface area contributed by atoms with Gasteiger partial charge in [0.05, 0.1) is 10.0 Å². The van der Waals surface area contributed by atoms with Gasteiger partial charge < -0.3 is 9.80 Å². The third-order valence-electron chi connectivity index (χ3n) is 5.69. The second kappa shape index (κ2) is 9.78. The highest BCUT2D eigenvalue weighted by Crippen LogP contribution is 2.29. The number of rotatable bonds is 6. The molecule has 3 rings (SSSR count). The van der Waals surface area contributed by atoms with Gasteiger partial charge in [0.1, 0.15) is 0 Å². The van der Waals surface area contributed by atoms with Crippen molar-refractivity contribution in [3.05, 3.63) is 64.1 Å². The van der Waals surface area contributed by atoms with Crippen LogP contribution in [0.25, 0.3) is 0 Å². The van der Waals surface area contributed by atoms with Crippen LogP contribution in [0.2, 0.25) is 10.0 Å². The van der Waals surface area contributed by atoms with Gasteiger partial charge in [0, 0.05) is 31.7 Å². The van der Waals surface area contributed by atoms with Gasteiger partial charge in [-0.2, -0.15) is 0 Å². The summed E-state index contributed by atoms with van der Waals surface area (Å²) in [7, 11) is 0. The Bertz CT molecular complexity index is 788. The SMILES string of the molecule is CC(=O)N(c1ccccc1)C1CCN(CCC(C)c2ccc(Cl)c(Cl)c2)CC1. The van der Waals surface area contributed by atoms with Crippen molar-refractivity contribution in [2.24, 2.45) is 0 Å². The Balaban J connectivity index is 1.52. The summed E-state index contributed by atoms with van der Waals surface area (Å²) in [6.07, 6.45) is 3.10. The van der Waals surface area contributed by atoms with Crippen LogP contribution in [-0.2, 0) is 4.79 Å². The van der Waals surface area contributed by atoms with Crippen LogP contribution in [0.4, 0.5) is 5.69 Å². The molecular weight excluding hydrogens is 391 g/mol. The molecule has 1 fully saturated rings. The standard InChI is InChI=1S/C23H28Cl2N2O/c1-17(19-8-9-22(24)23(25)16-19)10-13-26-14-11-21(12-15-26)27(18(2)28)20-6-4-3-5-7-20/h3-9,16-17,21H,10-15H2,1-2H3. The number of hydrogen-bond acceptors (Lipinski definition) is 2.